The summed E-state index contributed by atoms with van der Waals surface area (Å²) < 4.78 is 30.8. The Hall–Kier alpha value is -1.56. The maximum absolute atomic E-state index is 13.3. The third-order valence-corrected chi connectivity index (χ3v) is 6.40. The molecule has 0 aromatic heterocycles. The molecule has 3 aromatic carbocycles. The van der Waals surface area contributed by atoms with Gasteiger partial charge < -0.3 is 17.9 Å². The number of nitrogens with zero attached hydrogens (tertiary/aromatic N) is 1. The zero-order valence-electron chi connectivity index (χ0n) is 18.0. The number of sulfonamides is 1. The fourth-order valence-electron chi connectivity index (χ4n) is 3.58. The van der Waals surface area contributed by atoms with E-state index in [-0.39, 0.29) is 12.3 Å². The molecule has 0 saturated carbocycles. The van der Waals surface area contributed by atoms with Gasteiger partial charge in [0, 0.05) is 0 Å². The van der Waals surface area contributed by atoms with Crippen LogP contribution in [0, 0.1) is 28.2 Å². The zero-order chi connectivity index (χ0) is 22.3. The topological polar surface area (TPSA) is 72.0 Å². The Kier molecular flexibility index (Phi) is 11.1. The monoisotopic (exact) mass is 544 g/mol. The van der Waals surface area contributed by atoms with Crippen LogP contribution in [0.15, 0.2) is 77.7 Å². The molecule has 0 spiro atoms. The van der Waals surface area contributed by atoms with Crippen molar-refractivity contribution in [2.24, 2.45) is 0 Å². The van der Waals surface area contributed by atoms with Crippen molar-refractivity contribution in [3.8, 4) is 0 Å². The van der Waals surface area contributed by atoms with Crippen molar-refractivity contribution in [3.05, 3.63) is 118 Å². The molecule has 0 heterocycles. The molecular formula is C24H27ClN2O2RuS. The Morgan fingerprint density at radius 2 is 1.26 bits per heavy atom. The average molecular weight is 544 g/mol. The van der Waals surface area contributed by atoms with Crippen LogP contribution in [0.2, 0.25) is 0 Å². The summed E-state index contributed by atoms with van der Waals surface area (Å²) in [5.41, 5.74) is 12.5. The van der Waals surface area contributed by atoms with E-state index >= 15 is 0 Å². The molecule has 3 rings (SSSR count). The standard InChI is InChI=1S/C23H24N2O2S.CH3.ClH.Ru/c1-16-14-17(2)23(18(3)15-16)28(26,27)25-22(20-12-8-5-9-13-20)21(24)19-10-6-4-7-11-19;;;/h4-15,21-22,24H,1-3H3;1H3;1H;/q-2;-1;;+4/p-1/t21-,22?;;;/m0.../s1. The summed E-state index contributed by atoms with van der Waals surface area (Å²) in [5, 5.41) is 0. The summed E-state index contributed by atoms with van der Waals surface area (Å²) in [4.78, 5) is 0.235. The van der Waals surface area contributed by atoms with Crippen LogP contribution in [0.3, 0.4) is 0 Å². The zero-order valence-corrected chi connectivity index (χ0v) is 21.3. The fraction of sp³-hybridized carbons (Fsp3) is 0.208. The van der Waals surface area contributed by atoms with Crippen LogP contribution in [0.4, 0.5) is 0 Å². The number of aryl methyl sites for hydroxylation is 3. The first-order valence-corrected chi connectivity index (χ1v) is 13.0. The van der Waals surface area contributed by atoms with Gasteiger partial charge in [-0.2, -0.15) is 0 Å². The van der Waals surface area contributed by atoms with Gasteiger partial charge in [-0.3, -0.25) is 0 Å². The first-order chi connectivity index (χ1) is 14.3. The van der Waals surface area contributed by atoms with Crippen molar-refractivity contribution in [1.82, 2.24) is 0 Å². The summed E-state index contributed by atoms with van der Waals surface area (Å²) in [6, 6.07) is 20.5. The van der Waals surface area contributed by atoms with Crippen LogP contribution in [0.25, 0.3) is 10.5 Å². The molecule has 0 amide bonds. The minimum absolute atomic E-state index is 0. The van der Waals surface area contributed by atoms with Gasteiger partial charge in [-0.15, -0.1) is 12.1 Å². The van der Waals surface area contributed by atoms with Crippen LogP contribution in [-0.2, 0) is 27.3 Å². The Labute approximate surface area is 201 Å². The fourth-order valence-corrected chi connectivity index (χ4v) is 5.16. The van der Waals surface area contributed by atoms with Gasteiger partial charge in [0.2, 0.25) is 0 Å². The van der Waals surface area contributed by atoms with Crippen molar-refractivity contribution >= 4 is 19.7 Å². The molecule has 0 aliphatic carbocycles. The van der Waals surface area contributed by atoms with Crippen molar-refractivity contribution in [1.29, 1.82) is 0 Å². The van der Waals surface area contributed by atoms with Gasteiger partial charge >= 0.3 is 27.0 Å². The molecule has 1 N–H and O–H groups in total. The van der Waals surface area contributed by atoms with Crippen LogP contribution in [0.5, 0.6) is 0 Å². The molecule has 0 fully saturated rings. The van der Waals surface area contributed by atoms with Gasteiger partial charge in [0.05, 0.1) is 4.90 Å². The van der Waals surface area contributed by atoms with Gasteiger partial charge in [0.1, 0.15) is 10.0 Å². The SMILES string of the molecule is Cc1cc(C)c(S(=O)(=O)[N-]C(c2ccccc2)[C@@H]([NH-])c2ccccc2)c(C)c1.[CH3-].[Cl][Ru+3]. The van der Waals surface area contributed by atoms with E-state index < -0.39 is 22.1 Å². The van der Waals surface area contributed by atoms with Gasteiger partial charge in [0.15, 0.2) is 0 Å². The summed E-state index contributed by atoms with van der Waals surface area (Å²) in [6.07, 6.45) is 0. The molecule has 31 heavy (non-hydrogen) atoms. The second-order valence-corrected chi connectivity index (χ2v) is 8.62. The Balaban J connectivity index is 0.00000156. The molecule has 7 heteroatoms. The molecule has 2 atom stereocenters. The summed E-state index contributed by atoms with van der Waals surface area (Å²) in [6.45, 7) is 5.51. The van der Waals surface area contributed by atoms with E-state index in [0.717, 1.165) is 11.1 Å². The predicted octanol–water partition coefficient (Wildman–Crippen LogP) is 7.35. The van der Waals surface area contributed by atoms with Crippen LogP contribution in [0.1, 0.15) is 39.9 Å². The Bertz CT molecular complexity index is 1040. The summed E-state index contributed by atoms with van der Waals surface area (Å²) in [7, 11) is 0.635. The number of benzene rings is 3. The Morgan fingerprint density at radius 1 is 0.839 bits per heavy atom. The van der Waals surface area contributed by atoms with Gasteiger partial charge in [-0.25, -0.2) is 8.42 Å². The maximum atomic E-state index is 13.3. The first-order valence-electron chi connectivity index (χ1n) is 9.29. The van der Waals surface area contributed by atoms with E-state index in [2.05, 4.69) is 14.4 Å². The molecule has 166 valence electrons. The quantitative estimate of drug-likeness (QED) is 0.241. The van der Waals surface area contributed by atoms with E-state index in [9.17, 15) is 8.42 Å². The van der Waals surface area contributed by atoms with Crippen molar-refractivity contribution in [3.63, 3.8) is 0 Å². The van der Waals surface area contributed by atoms with Crippen molar-refractivity contribution in [2.45, 2.75) is 37.8 Å². The number of nitrogens with one attached hydrogen (secondary N) is 1. The predicted molar refractivity (Wildman–Crippen MR) is 126 cm³/mol. The second-order valence-electron chi connectivity index (χ2n) is 7.05. The van der Waals surface area contributed by atoms with Crippen molar-refractivity contribution < 1.29 is 25.7 Å². The third-order valence-electron chi connectivity index (χ3n) is 4.73. The van der Waals surface area contributed by atoms with Gasteiger partial charge in [-0.1, -0.05) is 89.5 Å². The van der Waals surface area contributed by atoms with Crippen LogP contribution in [-0.4, -0.2) is 8.42 Å². The minimum atomic E-state index is -3.93. The molecule has 3 aromatic rings. The molecule has 0 aliphatic rings. The number of halogens is 1. The normalized spacial score (nSPS) is 12.7. The Morgan fingerprint density at radius 3 is 1.71 bits per heavy atom. The van der Waals surface area contributed by atoms with E-state index in [1.165, 1.54) is 0 Å². The molecular weight excluding hydrogens is 517 g/mol. The first kappa shape index (κ1) is 27.5. The van der Waals surface area contributed by atoms with Crippen LogP contribution >= 0.6 is 9.69 Å². The van der Waals surface area contributed by atoms with Crippen LogP contribution < -0.4 is 0 Å². The van der Waals surface area contributed by atoms with Gasteiger partial charge in [0.25, 0.3) is 0 Å². The summed E-state index contributed by atoms with van der Waals surface area (Å²) in [5.74, 6) is 0. The van der Waals surface area contributed by atoms with Crippen molar-refractivity contribution in [2.75, 3.05) is 0 Å². The van der Waals surface area contributed by atoms with E-state index in [0.29, 0.717) is 16.7 Å². The number of hydrogen-bond acceptors (Lipinski definition) is 2. The van der Waals surface area contributed by atoms with Gasteiger partial charge in [-0.05, 0) is 31.9 Å². The van der Waals surface area contributed by atoms with E-state index in [1.807, 2.05) is 97.0 Å². The average Bonchev–Trinajstić information content (AvgIpc) is 2.73. The van der Waals surface area contributed by atoms with E-state index in [4.69, 9.17) is 5.73 Å². The summed E-state index contributed by atoms with van der Waals surface area (Å²) >= 11 is 1.82. The molecule has 0 saturated heterocycles. The number of rotatable bonds is 6. The third kappa shape index (κ3) is 6.96. The molecule has 0 radical (unpaired) electrons. The molecule has 0 bridgehead atoms. The second kappa shape index (κ2) is 12.5. The molecule has 1 unspecified atom stereocenters. The van der Waals surface area contributed by atoms with E-state index in [1.54, 1.807) is 13.8 Å². The molecule has 4 nitrogen and oxygen atoms in total. The number of hydrogen-bond donors (Lipinski definition) is 0. The molecule has 0 aliphatic heterocycles.